The van der Waals surface area contributed by atoms with Crippen LogP contribution in [0.5, 0.6) is 0 Å². The minimum atomic E-state index is 0.332. The van der Waals surface area contributed by atoms with Crippen LogP contribution in [0, 0.1) is 5.92 Å². The lowest BCUT2D eigenvalue weighted by molar-refractivity contribution is 0.314. The average Bonchev–Trinajstić information content (AvgIpc) is 1.77. The van der Waals surface area contributed by atoms with E-state index in [4.69, 9.17) is 0 Å². The van der Waals surface area contributed by atoms with Gasteiger partial charge in [0, 0.05) is 4.75 Å². The molecule has 1 heteroatoms. The number of rotatable bonds is 0. The molecule has 0 spiro atoms. The van der Waals surface area contributed by atoms with E-state index in [-0.39, 0.29) is 0 Å². The second-order valence-corrected chi connectivity index (χ2v) is 4.53. The first-order chi connectivity index (χ1) is 4.13. The van der Waals surface area contributed by atoms with E-state index in [1.165, 1.54) is 25.7 Å². The topological polar surface area (TPSA) is 0 Å². The minimum absolute atomic E-state index is 0.332. The van der Waals surface area contributed by atoms with Gasteiger partial charge in [0.25, 0.3) is 0 Å². The highest BCUT2D eigenvalue weighted by Gasteiger charge is 2.29. The van der Waals surface area contributed by atoms with Crippen LogP contribution in [0.3, 0.4) is 0 Å². The van der Waals surface area contributed by atoms with Crippen LogP contribution in [-0.2, 0) is 0 Å². The van der Waals surface area contributed by atoms with Crippen molar-refractivity contribution in [3.8, 4) is 0 Å². The lowest BCUT2D eigenvalue weighted by atomic mass is 9.81. The summed E-state index contributed by atoms with van der Waals surface area (Å²) in [6.07, 6.45) is 5.47. The van der Waals surface area contributed by atoms with E-state index in [0.29, 0.717) is 4.75 Å². The number of hydrogen-bond donors (Lipinski definition) is 1. The summed E-state index contributed by atoms with van der Waals surface area (Å²) in [5.41, 5.74) is 0. The van der Waals surface area contributed by atoms with Gasteiger partial charge in [0.2, 0.25) is 0 Å². The van der Waals surface area contributed by atoms with Gasteiger partial charge < -0.3 is 0 Å². The summed E-state index contributed by atoms with van der Waals surface area (Å²) in [4.78, 5) is 0. The molecule has 0 bridgehead atoms. The molecule has 1 aliphatic rings. The van der Waals surface area contributed by atoms with Crippen molar-refractivity contribution in [1.29, 1.82) is 0 Å². The van der Waals surface area contributed by atoms with E-state index < -0.39 is 0 Å². The zero-order chi connectivity index (χ0) is 6.91. The predicted molar refractivity (Wildman–Crippen MR) is 45.0 cm³/mol. The second-order valence-electron chi connectivity index (χ2n) is 3.50. The smallest absolute Gasteiger partial charge is 0.0127 e. The molecular formula is C8H16S. The third kappa shape index (κ3) is 1.64. The fourth-order valence-corrected chi connectivity index (χ4v) is 1.78. The first-order valence-electron chi connectivity index (χ1n) is 3.85. The van der Waals surface area contributed by atoms with Crippen LogP contribution in [0.1, 0.15) is 39.5 Å². The van der Waals surface area contributed by atoms with Gasteiger partial charge in [-0.2, -0.15) is 12.6 Å². The van der Waals surface area contributed by atoms with Crippen LogP contribution in [-0.4, -0.2) is 4.75 Å². The van der Waals surface area contributed by atoms with E-state index in [0.717, 1.165) is 5.92 Å². The van der Waals surface area contributed by atoms with Gasteiger partial charge in [-0.05, 0) is 18.8 Å². The van der Waals surface area contributed by atoms with Crippen molar-refractivity contribution in [2.24, 2.45) is 5.92 Å². The molecule has 0 aliphatic heterocycles. The maximum Gasteiger partial charge on any atom is 0.0127 e. The predicted octanol–water partition coefficient (Wildman–Crippen LogP) is 2.89. The summed E-state index contributed by atoms with van der Waals surface area (Å²) in [6, 6.07) is 0. The molecule has 1 fully saturated rings. The molecule has 2 unspecified atom stereocenters. The van der Waals surface area contributed by atoms with Crippen molar-refractivity contribution in [3.63, 3.8) is 0 Å². The Kier molecular flexibility index (Phi) is 2.10. The van der Waals surface area contributed by atoms with Crippen molar-refractivity contribution in [1.82, 2.24) is 0 Å². The molecule has 0 saturated heterocycles. The highest BCUT2D eigenvalue weighted by molar-refractivity contribution is 7.81. The molecular weight excluding hydrogens is 128 g/mol. The standard InChI is InChI=1S/C8H16S/c1-7-5-3-4-6-8(7,2)9/h7,9H,3-6H2,1-2H3. The zero-order valence-electron chi connectivity index (χ0n) is 6.35. The zero-order valence-corrected chi connectivity index (χ0v) is 7.25. The van der Waals surface area contributed by atoms with Crippen molar-refractivity contribution in [2.75, 3.05) is 0 Å². The van der Waals surface area contributed by atoms with Gasteiger partial charge in [-0.1, -0.05) is 26.7 Å². The molecule has 0 aromatic carbocycles. The molecule has 1 saturated carbocycles. The highest BCUT2D eigenvalue weighted by Crippen LogP contribution is 2.37. The van der Waals surface area contributed by atoms with E-state index in [9.17, 15) is 0 Å². The third-order valence-electron chi connectivity index (χ3n) is 2.63. The molecule has 0 heterocycles. The molecule has 0 aromatic rings. The van der Waals surface area contributed by atoms with E-state index in [2.05, 4.69) is 26.5 Å². The Morgan fingerprint density at radius 2 is 2.11 bits per heavy atom. The third-order valence-corrected chi connectivity index (χ3v) is 3.30. The minimum Gasteiger partial charge on any atom is -0.173 e. The summed E-state index contributed by atoms with van der Waals surface area (Å²) in [5, 5.41) is 0. The van der Waals surface area contributed by atoms with Crippen LogP contribution in [0.15, 0.2) is 0 Å². The molecule has 2 atom stereocenters. The maximum absolute atomic E-state index is 4.61. The first-order valence-corrected chi connectivity index (χ1v) is 4.30. The van der Waals surface area contributed by atoms with Gasteiger partial charge in [-0.25, -0.2) is 0 Å². The summed E-state index contributed by atoms with van der Waals surface area (Å²) >= 11 is 4.61. The average molecular weight is 144 g/mol. The van der Waals surface area contributed by atoms with Gasteiger partial charge in [0.1, 0.15) is 0 Å². The molecule has 0 aromatic heterocycles. The first kappa shape index (κ1) is 7.46. The molecule has 0 radical (unpaired) electrons. The van der Waals surface area contributed by atoms with Gasteiger partial charge in [0.05, 0.1) is 0 Å². The van der Waals surface area contributed by atoms with Crippen LogP contribution in [0.4, 0.5) is 0 Å². The lowest BCUT2D eigenvalue weighted by Gasteiger charge is -2.35. The van der Waals surface area contributed by atoms with Gasteiger partial charge in [-0.15, -0.1) is 0 Å². The quantitative estimate of drug-likeness (QED) is 0.497. The molecule has 1 aliphatic carbocycles. The van der Waals surface area contributed by atoms with E-state index in [1.807, 2.05) is 0 Å². The van der Waals surface area contributed by atoms with E-state index >= 15 is 0 Å². The monoisotopic (exact) mass is 144 g/mol. The normalized spacial score (nSPS) is 45.0. The Labute approximate surface area is 63.4 Å². The second kappa shape index (κ2) is 2.53. The molecule has 0 amide bonds. The summed E-state index contributed by atoms with van der Waals surface area (Å²) in [6.45, 7) is 4.58. The summed E-state index contributed by atoms with van der Waals surface area (Å²) in [5.74, 6) is 0.814. The summed E-state index contributed by atoms with van der Waals surface area (Å²) in [7, 11) is 0. The Balaban J connectivity index is 2.49. The Bertz CT molecular complexity index is 96.7. The van der Waals surface area contributed by atoms with Crippen LogP contribution >= 0.6 is 12.6 Å². The largest absolute Gasteiger partial charge is 0.173 e. The van der Waals surface area contributed by atoms with Crippen molar-refractivity contribution in [3.05, 3.63) is 0 Å². The van der Waals surface area contributed by atoms with Crippen LogP contribution in [0.25, 0.3) is 0 Å². The molecule has 9 heavy (non-hydrogen) atoms. The molecule has 0 N–H and O–H groups in total. The van der Waals surface area contributed by atoms with Crippen molar-refractivity contribution >= 4 is 12.6 Å². The maximum atomic E-state index is 4.61. The number of thiol groups is 1. The lowest BCUT2D eigenvalue weighted by Crippen LogP contribution is -2.29. The SMILES string of the molecule is CC1CCCCC1(C)S. The van der Waals surface area contributed by atoms with Crippen molar-refractivity contribution < 1.29 is 0 Å². The van der Waals surface area contributed by atoms with Gasteiger partial charge in [0.15, 0.2) is 0 Å². The highest BCUT2D eigenvalue weighted by atomic mass is 32.1. The fourth-order valence-electron chi connectivity index (χ4n) is 1.49. The van der Waals surface area contributed by atoms with Crippen molar-refractivity contribution in [2.45, 2.75) is 44.3 Å². The Morgan fingerprint density at radius 1 is 1.44 bits per heavy atom. The summed E-state index contributed by atoms with van der Waals surface area (Å²) < 4.78 is 0.332. The Morgan fingerprint density at radius 3 is 2.44 bits per heavy atom. The van der Waals surface area contributed by atoms with Gasteiger partial charge in [-0.3, -0.25) is 0 Å². The molecule has 1 rings (SSSR count). The Hall–Kier alpha value is 0.350. The fraction of sp³-hybridized carbons (Fsp3) is 1.00. The van der Waals surface area contributed by atoms with Crippen LogP contribution in [0.2, 0.25) is 0 Å². The number of hydrogen-bond acceptors (Lipinski definition) is 1. The van der Waals surface area contributed by atoms with Crippen LogP contribution < -0.4 is 0 Å². The van der Waals surface area contributed by atoms with E-state index in [1.54, 1.807) is 0 Å². The van der Waals surface area contributed by atoms with Gasteiger partial charge >= 0.3 is 0 Å². The molecule has 54 valence electrons. The molecule has 0 nitrogen and oxygen atoms in total.